The minimum absolute atomic E-state index is 0.0756. The highest BCUT2D eigenvalue weighted by Crippen LogP contribution is 2.38. The number of carbonyl (C=O) groups is 2. The lowest BCUT2D eigenvalue weighted by Crippen LogP contribution is -2.48. The van der Waals surface area contributed by atoms with Gasteiger partial charge in [-0.1, -0.05) is 6.07 Å². The number of carbonyl (C=O) groups excluding carboxylic acids is 2. The third kappa shape index (κ3) is 5.06. The van der Waals surface area contributed by atoms with E-state index in [1.54, 1.807) is 6.92 Å². The number of anilines is 1. The third-order valence-corrected chi connectivity index (χ3v) is 7.79. The van der Waals surface area contributed by atoms with Gasteiger partial charge in [-0.2, -0.15) is 0 Å². The van der Waals surface area contributed by atoms with Gasteiger partial charge in [-0.15, -0.1) is 11.3 Å². The number of fused-ring (bicyclic) bond motifs is 2. The van der Waals surface area contributed by atoms with Crippen molar-refractivity contribution in [1.82, 2.24) is 9.80 Å². The lowest BCUT2D eigenvalue weighted by molar-refractivity contribution is -0.117. The topological polar surface area (TPSA) is 80.3 Å². The fourth-order valence-corrected chi connectivity index (χ4v) is 6.14. The second-order valence-corrected chi connectivity index (χ2v) is 10.0. The molecule has 0 unspecified atom stereocenters. The first kappa shape index (κ1) is 23.1. The molecule has 5 rings (SSSR count). The van der Waals surface area contributed by atoms with E-state index in [-0.39, 0.29) is 18.7 Å². The van der Waals surface area contributed by atoms with E-state index < -0.39 is 0 Å². The maximum Gasteiger partial charge on any atom is 0.341 e. The fraction of sp³-hybridized carbons (Fsp3) is 0.520. The number of ether oxygens (including phenoxy) is 3. The van der Waals surface area contributed by atoms with Crippen LogP contribution in [-0.4, -0.2) is 67.8 Å². The number of hydrogen-bond donors (Lipinski definition) is 1. The molecule has 1 N–H and O–H groups in total. The Morgan fingerprint density at radius 3 is 2.65 bits per heavy atom. The molecule has 34 heavy (non-hydrogen) atoms. The van der Waals surface area contributed by atoms with Crippen LogP contribution in [0.2, 0.25) is 0 Å². The molecule has 1 aliphatic carbocycles. The van der Waals surface area contributed by atoms with Crippen molar-refractivity contribution in [3.63, 3.8) is 0 Å². The predicted molar refractivity (Wildman–Crippen MR) is 130 cm³/mol. The van der Waals surface area contributed by atoms with Crippen LogP contribution < -0.4 is 14.8 Å². The van der Waals surface area contributed by atoms with Gasteiger partial charge in [-0.05, 0) is 55.9 Å². The van der Waals surface area contributed by atoms with Gasteiger partial charge in [0.1, 0.15) is 5.00 Å². The monoisotopic (exact) mass is 485 g/mol. The van der Waals surface area contributed by atoms with E-state index >= 15 is 0 Å². The number of nitrogens with zero attached hydrogens (tertiary/aromatic N) is 2. The molecule has 9 heteroatoms. The van der Waals surface area contributed by atoms with Crippen molar-refractivity contribution >= 4 is 28.2 Å². The Balaban J connectivity index is 1.15. The Kier molecular flexibility index (Phi) is 7.03. The first-order valence-corrected chi connectivity index (χ1v) is 12.9. The second-order valence-electron chi connectivity index (χ2n) is 8.92. The standard InChI is InChI=1S/C25H31N3O5S/c1-2-31-25(30)23-18-5-3-4-6-21(18)34-24(23)26-22(29)15-28-11-9-27(10-12-28)14-17-7-8-19-20(13-17)33-16-32-19/h7-8,13H,2-6,9-12,14-16H2,1H3,(H,26,29). The van der Waals surface area contributed by atoms with Crippen LogP contribution >= 0.6 is 11.3 Å². The number of rotatable bonds is 7. The number of esters is 1. The summed E-state index contributed by atoms with van der Waals surface area (Å²) in [5.41, 5.74) is 2.84. The molecule has 2 aliphatic heterocycles. The first-order chi connectivity index (χ1) is 16.6. The van der Waals surface area contributed by atoms with Crippen molar-refractivity contribution in [3.05, 3.63) is 39.8 Å². The quantitative estimate of drug-likeness (QED) is 0.603. The Hall–Kier alpha value is -2.62. The van der Waals surface area contributed by atoms with Crippen LogP contribution in [-0.2, 0) is 28.9 Å². The molecule has 0 radical (unpaired) electrons. The van der Waals surface area contributed by atoms with Gasteiger partial charge < -0.3 is 19.5 Å². The van der Waals surface area contributed by atoms with Crippen molar-refractivity contribution in [1.29, 1.82) is 0 Å². The smallest absolute Gasteiger partial charge is 0.341 e. The number of piperazine rings is 1. The second kappa shape index (κ2) is 10.3. The van der Waals surface area contributed by atoms with E-state index in [4.69, 9.17) is 14.2 Å². The molecule has 1 fully saturated rings. The van der Waals surface area contributed by atoms with E-state index in [2.05, 4.69) is 21.2 Å². The zero-order valence-electron chi connectivity index (χ0n) is 19.6. The summed E-state index contributed by atoms with van der Waals surface area (Å²) in [5.74, 6) is 1.21. The van der Waals surface area contributed by atoms with Crippen molar-refractivity contribution in [2.24, 2.45) is 0 Å². The molecular weight excluding hydrogens is 454 g/mol. The van der Waals surface area contributed by atoms with Crippen LogP contribution in [0.25, 0.3) is 0 Å². The SMILES string of the molecule is CCOC(=O)c1c(NC(=O)CN2CCN(Cc3ccc4c(c3)OCO4)CC2)sc2c1CCCC2. The van der Waals surface area contributed by atoms with E-state index in [1.807, 2.05) is 12.1 Å². The van der Waals surface area contributed by atoms with Gasteiger partial charge in [0.05, 0.1) is 18.7 Å². The zero-order valence-corrected chi connectivity index (χ0v) is 20.4. The van der Waals surface area contributed by atoms with Gasteiger partial charge in [-0.3, -0.25) is 14.6 Å². The van der Waals surface area contributed by atoms with Crippen LogP contribution in [0, 0.1) is 0 Å². The normalized spacial score (nSPS) is 17.9. The number of aryl methyl sites for hydroxylation is 1. The third-order valence-electron chi connectivity index (χ3n) is 6.58. The van der Waals surface area contributed by atoms with Gasteiger partial charge >= 0.3 is 5.97 Å². The summed E-state index contributed by atoms with van der Waals surface area (Å²) in [6.07, 6.45) is 4.04. The van der Waals surface area contributed by atoms with Crippen molar-refractivity contribution in [3.8, 4) is 11.5 Å². The van der Waals surface area contributed by atoms with Gasteiger partial charge in [0, 0.05) is 37.6 Å². The molecule has 1 saturated heterocycles. The molecule has 1 amide bonds. The van der Waals surface area contributed by atoms with Crippen LogP contribution in [0.15, 0.2) is 18.2 Å². The van der Waals surface area contributed by atoms with E-state index in [0.29, 0.717) is 23.7 Å². The van der Waals surface area contributed by atoms with Crippen molar-refractivity contribution < 1.29 is 23.8 Å². The molecule has 3 aliphatic rings. The molecule has 0 spiro atoms. The average molecular weight is 486 g/mol. The molecule has 3 heterocycles. The lowest BCUT2D eigenvalue weighted by atomic mass is 9.95. The molecule has 0 bridgehead atoms. The predicted octanol–water partition coefficient (Wildman–Crippen LogP) is 3.29. The van der Waals surface area contributed by atoms with Gasteiger partial charge in [-0.25, -0.2) is 4.79 Å². The fourth-order valence-electron chi connectivity index (χ4n) is 4.85. The Labute approximate surface area is 203 Å². The summed E-state index contributed by atoms with van der Waals surface area (Å²) in [7, 11) is 0. The summed E-state index contributed by atoms with van der Waals surface area (Å²) >= 11 is 1.54. The van der Waals surface area contributed by atoms with Gasteiger partial charge in [0.25, 0.3) is 0 Å². The average Bonchev–Trinajstić information content (AvgIpc) is 3.44. The highest BCUT2D eigenvalue weighted by Gasteiger charge is 2.28. The Morgan fingerprint density at radius 2 is 1.82 bits per heavy atom. The van der Waals surface area contributed by atoms with Crippen molar-refractivity contribution in [2.75, 3.05) is 51.4 Å². The molecule has 0 atom stereocenters. The number of nitrogens with one attached hydrogen (secondary N) is 1. The molecule has 182 valence electrons. The van der Waals surface area contributed by atoms with Gasteiger partial charge in [0.15, 0.2) is 11.5 Å². The number of hydrogen-bond acceptors (Lipinski definition) is 8. The lowest BCUT2D eigenvalue weighted by Gasteiger charge is -2.34. The van der Waals surface area contributed by atoms with Crippen molar-refractivity contribution in [2.45, 2.75) is 39.2 Å². The van der Waals surface area contributed by atoms with E-state index in [1.165, 1.54) is 21.8 Å². The van der Waals surface area contributed by atoms with Gasteiger partial charge in [0.2, 0.25) is 12.7 Å². The molecule has 2 aromatic rings. The minimum atomic E-state index is -0.325. The summed E-state index contributed by atoms with van der Waals surface area (Å²) < 4.78 is 16.2. The maximum atomic E-state index is 12.9. The largest absolute Gasteiger partial charge is 0.462 e. The van der Waals surface area contributed by atoms with Crippen LogP contribution in [0.4, 0.5) is 5.00 Å². The maximum absolute atomic E-state index is 12.9. The Morgan fingerprint density at radius 1 is 1.06 bits per heavy atom. The summed E-state index contributed by atoms with van der Waals surface area (Å²) in [6, 6.07) is 6.09. The first-order valence-electron chi connectivity index (χ1n) is 12.1. The molecule has 0 saturated carbocycles. The highest BCUT2D eigenvalue weighted by atomic mass is 32.1. The highest BCUT2D eigenvalue weighted by molar-refractivity contribution is 7.17. The molecule has 1 aromatic carbocycles. The number of thiophene rings is 1. The minimum Gasteiger partial charge on any atom is -0.462 e. The summed E-state index contributed by atoms with van der Waals surface area (Å²) in [5, 5.41) is 3.68. The molecule has 1 aromatic heterocycles. The number of amides is 1. The summed E-state index contributed by atoms with van der Waals surface area (Å²) in [4.78, 5) is 31.3. The molecular formula is C25H31N3O5S. The van der Waals surface area contributed by atoms with E-state index in [0.717, 1.165) is 75.5 Å². The molecule has 8 nitrogen and oxygen atoms in total. The zero-order chi connectivity index (χ0) is 23.5. The Bertz CT molecular complexity index is 1060. The summed E-state index contributed by atoms with van der Waals surface area (Å²) in [6.45, 7) is 7.02. The number of benzene rings is 1. The van der Waals surface area contributed by atoms with E-state index in [9.17, 15) is 9.59 Å². The van der Waals surface area contributed by atoms with Crippen LogP contribution in [0.5, 0.6) is 11.5 Å². The van der Waals surface area contributed by atoms with Crippen LogP contribution in [0.1, 0.15) is 46.1 Å². The van der Waals surface area contributed by atoms with Crippen LogP contribution in [0.3, 0.4) is 0 Å².